The number of amides is 1. The van der Waals surface area contributed by atoms with Crippen molar-refractivity contribution in [2.24, 2.45) is 0 Å². The summed E-state index contributed by atoms with van der Waals surface area (Å²) in [6, 6.07) is 3.23. The lowest BCUT2D eigenvalue weighted by Gasteiger charge is -2.34. The molecule has 1 aromatic carbocycles. The fourth-order valence-electron chi connectivity index (χ4n) is 2.97. The van der Waals surface area contributed by atoms with Crippen LogP contribution in [-0.2, 0) is 21.0 Å². The van der Waals surface area contributed by atoms with Crippen molar-refractivity contribution in [1.82, 2.24) is 9.21 Å². The van der Waals surface area contributed by atoms with Gasteiger partial charge in [0.1, 0.15) is 0 Å². The van der Waals surface area contributed by atoms with E-state index in [1.165, 1.54) is 9.21 Å². The Balaban J connectivity index is 2.07. The lowest BCUT2D eigenvalue weighted by atomic mass is 10.2. The normalized spacial score (nSPS) is 18.5. The number of alkyl halides is 3. The van der Waals surface area contributed by atoms with Crippen molar-refractivity contribution in [3.05, 3.63) is 29.8 Å². The van der Waals surface area contributed by atoms with E-state index >= 15 is 0 Å². The molecule has 0 saturated carbocycles. The van der Waals surface area contributed by atoms with Gasteiger partial charge in [0.2, 0.25) is 10.0 Å². The molecule has 1 heterocycles. The van der Waals surface area contributed by atoms with Crippen LogP contribution in [0.5, 0.6) is 0 Å². The van der Waals surface area contributed by atoms with Crippen LogP contribution in [0.3, 0.4) is 0 Å². The summed E-state index contributed by atoms with van der Waals surface area (Å²) in [5.41, 5.74) is -0.887. The van der Waals surface area contributed by atoms with Crippen LogP contribution in [0.2, 0.25) is 0 Å². The number of carbonyl (C=O) groups excluding carboxylic acids is 1. The first-order valence-corrected chi connectivity index (χ1v) is 9.61. The fraction of sp³-hybridized carbons (Fsp3) is 0.562. The molecule has 0 aliphatic carbocycles. The molecule has 1 N–H and O–H groups in total. The number of hydrogen-bond acceptors (Lipinski definition) is 3. The van der Waals surface area contributed by atoms with Gasteiger partial charge < -0.3 is 9.80 Å². The quantitative estimate of drug-likeness (QED) is 0.786. The zero-order valence-electron chi connectivity index (χ0n) is 14.9. The summed E-state index contributed by atoms with van der Waals surface area (Å²) in [6.45, 7) is 3.15. The number of piperazine rings is 1. The van der Waals surface area contributed by atoms with Crippen molar-refractivity contribution < 1.29 is 31.3 Å². The molecule has 0 unspecified atom stereocenters. The maximum absolute atomic E-state index is 12.6. The highest BCUT2D eigenvalue weighted by Gasteiger charge is 2.35. The SMILES string of the molecule is C[C@@H](C(=O)N(C)C)[NH+]1CCN(S(=O)(=O)c2ccc(C(F)(F)F)cc2)CC1. The van der Waals surface area contributed by atoms with Crippen molar-refractivity contribution in [1.29, 1.82) is 0 Å². The first-order valence-electron chi connectivity index (χ1n) is 8.17. The number of halogens is 3. The fourth-order valence-corrected chi connectivity index (χ4v) is 4.42. The Bertz CT molecular complexity index is 740. The van der Waals surface area contributed by atoms with Gasteiger partial charge in [0.25, 0.3) is 5.91 Å². The lowest BCUT2D eigenvalue weighted by molar-refractivity contribution is -0.917. The molecule has 0 radical (unpaired) electrons. The van der Waals surface area contributed by atoms with Crippen LogP contribution in [0.25, 0.3) is 0 Å². The van der Waals surface area contributed by atoms with Crippen LogP contribution < -0.4 is 4.90 Å². The third-order valence-corrected chi connectivity index (χ3v) is 6.52. The van der Waals surface area contributed by atoms with Gasteiger partial charge in [-0.1, -0.05) is 0 Å². The highest BCUT2D eigenvalue weighted by molar-refractivity contribution is 7.89. The molecule has 0 bridgehead atoms. The average molecular weight is 394 g/mol. The van der Waals surface area contributed by atoms with Gasteiger partial charge in [-0.2, -0.15) is 17.5 Å². The van der Waals surface area contributed by atoms with Gasteiger partial charge in [-0.25, -0.2) is 8.42 Å². The van der Waals surface area contributed by atoms with Crippen molar-refractivity contribution in [2.75, 3.05) is 40.3 Å². The average Bonchev–Trinajstić information content (AvgIpc) is 2.59. The van der Waals surface area contributed by atoms with Crippen molar-refractivity contribution in [2.45, 2.75) is 24.0 Å². The van der Waals surface area contributed by atoms with E-state index in [-0.39, 0.29) is 29.9 Å². The Hall–Kier alpha value is -1.65. The lowest BCUT2D eigenvalue weighted by Crippen LogP contribution is -3.19. The van der Waals surface area contributed by atoms with E-state index in [0.717, 1.165) is 29.2 Å². The smallest absolute Gasteiger partial charge is 0.344 e. The predicted molar refractivity (Wildman–Crippen MR) is 89.1 cm³/mol. The molecule has 1 amide bonds. The monoisotopic (exact) mass is 394 g/mol. The summed E-state index contributed by atoms with van der Waals surface area (Å²) in [4.78, 5) is 14.4. The summed E-state index contributed by atoms with van der Waals surface area (Å²) in [7, 11) is -0.512. The number of quaternary nitrogens is 1. The summed E-state index contributed by atoms with van der Waals surface area (Å²) in [6.07, 6.45) is -4.51. The Morgan fingerprint density at radius 3 is 2.08 bits per heavy atom. The molecular formula is C16H23F3N3O3S+. The minimum absolute atomic E-state index is 0.0287. The Morgan fingerprint density at radius 1 is 1.15 bits per heavy atom. The molecule has 0 spiro atoms. The van der Waals surface area contributed by atoms with Crippen molar-refractivity contribution in [3.8, 4) is 0 Å². The highest BCUT2D eigenvalue weighted by Crippen LogP contribution is 2.30. The van der Waals surface area contributed by atoms with E-state index in [1.54, 1.807) is 21.0 Å². The standard InChI is InChI=1S/C16H22F3N3O3S/c1-12(15(23)20(2)3)21-8-10-22(11-9-21)26(24,25)14-6-4-13(5-7-14)16(17,18)19/h4-7,12H,8-11H2,1-3H3/p+1/t12-/m0/s1. The topological polar surface area (TPSA) is 62.1 Å². The van der Waals surface area contributed by atoms with Gasteiger partial charge in [-0.15, -0.1) is 0 Å². The van der Waals surface area contributed by atoms with Gasteiger partial charge in [0.15, 0.2) is 6.04 Å². The van der Waals surface area contributed by atoms with E-state index in [9.17, 15) is 26.4 Å². The van der Waals surface area contributed by atoms with Crippen molar-refractivity contribution in [3.63, 3.8) is 0 Å². The van der Waals surface area contributed by atoms with Crippen LogP contribution in [0.1, 0.15) is 12.5 Å². The molecule has 146 valence electrons. The number of hydrogen-bond donors (Lipinski definition) is 1. The highest BCUT2D eigenvalue weighted by atomic mass is 32.2. The van der Waals surface area contributed by atoms with Gasteiger partial charge in [0, 0.05) is 14.1 Å². The molecule has 10 heteroatoms. The molecule has 6 nitrogen and oxygen atoms in total. The van der Waals surface area contributed by atoms with Crippen LogP contribution in [0.4, 0.5) is 13.2 Å². The zero-order valence-corrected chi connectivity index (χ0v) is 15.7. The predicted octanol–water partition coefficient (Wildman–Crippen LogP) is 0.0713. The summed E-state index contributed by atoms with van der Waals surface area (Å²) in [5, 5.41) is 0. The van der Waals surface area contributed by atoms with Crippen molar-refractivity contribution >= 4 is 15.9 Å². The van der Waals surface area contributed by atoms with Gasteiger partial charge in [-0.3, -0.25) is 4.79 Å². The molecule has 1 aliphatic rings. The number of nitrogens with one attached hydrogen (secondary N) is 1. The van der Waals surface area contributed by atoms with Crippen LogP contribution in [0, 0.1) is 0 Å². The second-order valence-electron chi connectivity index (χ2n) is 6.54. The molecule has 0 aromatic heterocycles. The number of likely N-dealkylation sites (N-methyl/N-ethyl adjacent to an activating group) is 1. The maximum Gasteiger partial charge on any atom is 0.416 e. The Morgan fingerprint density at radius 2 is 1.65 bits per heavy atom. The number of benzene rings is 1. The van der Waals surface area contributed by atoms with Crippen LogP contribution in [-0.4, -0.2) is 69.8 Å². The summed E-state index contributed by atoms with van der Waals surface area (Å²) in [5.74, 6) is -0.0287. The molecule has 1 atom stereocenters. The first kappa shape index (κ1) is 20.7. The number of rotatable bonds is 4. The Kier molecular flexibility index (Phi) is 5.99. The number of sulfonamides is 1. The maximum atomic E-state index is 12.6. The van der Waals surface area contributed by atoms with Crippen LogP contribution >= 0.6 is 0 Å². The van der Waals surface area contributed by atoms with E-state index in [2.05, 4.69) is 0 Å². The molecule has 26 heavy (non-hydrogen) atoms. The number of nitrogens with zero attached hydrogens (tertiary/aromatic N) is 2. The van der Waals surface area contributed by atoms with E-state index in [0.29, 0.717) is 13.1 Å². The third kappa shape index (κ3) is 4.36. The first-order chi connectivity index (χ1) is 11.9. The summed E-state index contributed by atoms with van der Waals surface area (Å²) < 4.78 is 64.4. The molecule has 2 rings (SSSR count). The molecular weight excluding hydrogens is 371 g/mol. The zero-order chi connectivity index (χ0) is 19.7. The molecule has 1 saturated heterocycles. The van der Waals surface area contributed by atoms with Crippen LogP contribution in [0.15, 0.2) is 29.2 Å². The van der Waals surface area contributed by atoms with Gasteiger partial charge in [-0.05, 0) is 31.2 Å². The molecule has 1 aromatic rings. The number of carbonyl (C=O) groups is 1. The third-order valence-electron chi connectivity index (χ3n) is 4.61. The molecule has 1 fully saturated rings. The Labute approximate surface area is 151 Å². The second kappa shape index (κ2) is 7.53. The van der Waals surface area contributed by atoms with Gasteiger partial charge in [0.05, 0.1) is 36.6 Å². The van der Waals surface area contributed by atoms with E-state index in [1.807, 2.05) is 0 Å². The van der Waals surface area contributed by atoms with E-state index in [4.69, 9.17) is 0 Å². The minimum atomic E-state index is -4.51. The summed E-state index contributed by atoms with van der Waals surface area (Å²) >= 11 is 0. The molecule has 1 aliphatic heterocycles. The largest absolute Gasteiger partial charge is 0.416 e. The second-order valence-corrected chi connectivity index (χ2v) is 8.48. The van der Waals surface area contributed by atoms with Gasteiger partial charge >= 0.3 is 6.18 Å². The van der Waals surface area contributed by atoms with E-state index < -0.39 is 21.8 Å². The minimum Gasteiger partial charge on any atom is -0.344 e.